The van der Waals surface area contributed by atoms with E-state index < -0.39 is 0 Å². The Hall–Kier alpha value is -1.07. The largest absolute Gasteiger partial charge is 0.244 e. The van der Waals surface area contributed by atoms with Gasteiger partial charge in [-0.2, -0.15) is 0 Å². The molecule has 1 rings (SSSR count). The van der Waals surface area contributed by atoms with Gasteiger partial charge >= 0.3 is 0 Å². The maximum atomic E-state index is 5.21. The number of allylic oxidation sites excluding steroid dienone is 1. The zero-order valence-electron chi connectivity index (χ0n) is 5.66. The molecule has 0 bridgehead atoms. The summed E-state index contributed by atoms with van der Waals surface area (Å²) in [6, 6.07) is 0. The van der Waals surface area contributed by atoms with E-state index in [0.717, 1.165) is 10.6 Å². The molecule has 10 heavy (non-hydrogen) atoms. The van der Waals surface area contributed by atoms with Crippen LogP contribution in [0.3, 0.4) is 0 Å². The lowest BCUT2D eigenvalue weighted by Crippen LogP contribution is -1.72. The van der Waals surface area contributed by atoms with Gasteiger partial charge in [-0.1, -0.05) is 12.0 Å². The molecule has 0 fully saturated rings. The number of nitrogens with zero attached hydrogens (tertiary/aromatic N) is 1. The Balaban J connectivity index is 3.04. The van der Waals surface area contributed by atoms with Crippen LogP contribution in [0.15, 0.2) is 11.6 Å². The van der Waals surface area contributed by atoms with Gasteiger partial charge in [0.05, 0.1) is 11.2 Å². The molecule has 0 aliphatic rings. The Morgan fingerprint density at radius 2 is 2.60 bits per heavy atom. The Labute approximate surface area is 64.4 Å². The van der Waals surface area contributed by atoms with Crippen molar-refractivity contribution in [2.24, 2.45) is 0 Å². The van der Waals surface area contributed by atoms with Crippen LogP contribution in [0.2, 0.25) is 0 Å². The molecule has 1 aromatic rings. The highest BCUT2D eigenvalue weighted by Crippen LogP contribution is 2.12. The summed E-state index contributed by atoms with van der Waals surface area (Å²) in [5, 5.41) is 0. The van der Waals surface area contributed by atoms with Crippen molar-refractivity contribution in [2.75, 3.05) is 0 Å². The predicted molar refractivity (Wildman–Crippen MR) is 44.8 cm³/mol. The second-order valence-electron chi connectivity index (χ2n) is 1.71. The van der Waals surface area contributed by atoms with Crippen molar-refractivity contribution in [1.29, 1.82) is 0 Å². The number of terminal acetylenes is 1. The lowest BCUT2D eigenvalue weighted by atomic mass is 10.3. The van der Waals surface area contributed by atoms with E-state index in [-0.39, 0.29) is 0 Å². The SMILES string of the molecule is C#Cc1scnc1/C=C\C. The first-order chi connectivity index (χ1) is 4.88. The topological polar surface area (TPSA) is 12.9 Å². The van der Waals surface area contributed by atoms with Crippen molar-refractivity contribution < 1.29 is 0 Å². The third kappa shape index (κ3) is 1.26. The first-order valence-electron chi connectivity index (χ1n) is 2.91. The zero-order valence-corrected chi connectivity index (χ0v) is 6.48. The highest BCUT2D eigenvalue weighted by atomic mass is 32.1. The van der Waals surface area contributed by atoms with E-state index in [4.69, 9.17) is 6.42 Å². The Morgan fingerprint density at radius 1 is 1.80 bits per heavy atom. The molecule has 1 aromatic heterocycles. The van der Waals surface area contributed by atoms with Gasteiger partial charge in [-0.05, 0) is 13.0 Å². The number of rotatable bonds is 1. The normalized spacial score (nSPS) is 10.0. The van der Waals surface area contributed by atoms with E-state index in [1.54, 1.807) is 5.51 Å². The van der Waals surface area contributed by atoms with Crippen LogP contribution in [-0.2, 0) is 0 Å². The molecule has 0 atom stereocenters. The summed E-state index contributed by atoms with van der Waals surface area (Å²) in [6.45, 7) is 1.94. The second-order valence-corrected chi connectivity index (χ2v) is 2.57. The Bertz CT molecular complexity index is 278. The molecule has 0 aromatic carbocycles. The minimum absolute atomic E-state index is 0.898. The van der Waals surface area contributed by atoms with Crippen LogP contribution in [0.4, 0.5) is 0 Å². The van der Waals surface area contributed by atoms with Crippen molar-refractivity contribution in [3.05, 3.63) is 22.2 Å². The van der Waals surface area contributed by atoms with Gasteiger partial charge < -0.3 is 0 Å². The first kappa shape index (κ1) is 7.04. The predicted octanol–water partition coefficient (Wildman–Crippen LogP) is 2.16. The molecule has 0 amide bonds. The van der Waals surface area contributed by atoms with Crippen LogP contribution in [-0.4, -0.2) is 4.98 Å². The van der Waals surface area contributed by atoms with Crippen molar-refractivity contribution >= 4 is 17.4 Å². The van der Waals surface area contributed by atoms with Gasteiger partial charge in [0.25, 0.3) is 0 Å². The average molecular weight is 149 g/mol. The molecular weight excluding hydrogens is 142 g/mol. The third-order valence-electron chi connectivity index (χ3n) is 1.05. The average Bonchev–Trinajstić information content (AvgIpc) is 2.36. The van der Waals surface area contributed by atoms with Gasteiger partial charge in [0.15, 0.2) is 0 Å². The molecule has 0 radical (unpaired) electrons. The lowest BCUT2D eigenvalue weighted by molar-refractivity contribution is 1.37. The summed E-state index contributed by atoms with van der Waals surface area (Å²) < 4.78 is 0. The van der Waals surface area contributed by atoms with Crippen molar-refractivity contribution in [3.8, 4) is 12.3 Å². The fourth-order valence-electron chi connectivity index (χ4n) is 0.639. The summed E-state index contributed by atoms with van der Waals surface area (Å²) >= 11 is 1.49. The summed E-state index contributed by atoms with van der Waals surface area (Å²) in [7, 11) is 0. The number of thiazole rings is 1. The lowest BCUT2D eigenvalue weighted by Gasteiger charge is -1.82. The second kappa shape index (κ2) is 3.19. The molecule has 50 valence electrons. The molecule has 0 aliphatic heterocycles. The third-order valence-corrected chi connectivity index (χ3v) is 1.82. The summed E-state index contributed by atoms with van der Waals surface area (Å²) in [5.41, 5.74) is 2.65. The fourth-order valence-corrected chi connectivity index (χ4v) is 1.22. The molecule has 0 saturated heterocycles. The summed E-state index contributed by atoms with van der Waals surface area (Å²) in [6.07, 6.45) is 9.05. The minimum Gasteiger partial charge on any atom is -0.244 e. The van der Waals surface area contributed by atoms with Gasteiger partial charge in [0, 0.05) is 0 Å². The molecule has 0 N–H and O–H groups in total. The van der Waals surface area contributed by atoms with Crippen LogP contribution in [0, 0.1) is 12.3 Å². The molecule has 1 heterocycles. The van der Waals surface area contributed by atoms with Crippen LogP contribution >= 0.6 is 11.3 Å². The van der Waals surface area contributed by atoms with Crippen molar-refractivity contribution in [1.82, 2.24) is 4.98 Å². The molecule has 0 aliphatic carbocycles. The number of hydrogen-bond acceptors (Lipinski definition) is 2. The fraction of sp³-hybridized carbons (Fsp3) is 0.125. The highest BCUT2D eigenvalue weighted by Gasteiger charge is 1.96. The first-order valence-corrected chi connectivity index (χ1v) is 3.79. The van der Waals surface area contributed by atoms with Gasteiger partial charge in [-0.15, -0.1) is 17.8 Å². The van der Waals surface area contributed by atoms with Crippen LogP contribution in [0.25, 0.3) is 6.08 Å². The molecule has 0 spiro atoms. The molecule has 2 heteroatoms. The molecular formula is C8H7NS. The van der Waals surface area contributed by atoms with Crippen LogP contribution < -0.4 is 0 Å². The van der Waals surface area contributed by atoms with E-state index in [9.17, 15) is 0 Å². The van der Waals surface area contributed by atoms with Gasteiger partial charge in [0.2, 0.25) is 0 Å². The quantitative estimate of drug-likeness (QED) is 0.557. The highest BCUT2D eigenvalue weighted by molar-refractivity contribution is 7.10. The van der Waals surface area contributed by atoms with E-state index >= 15 is 0 Å². The van der Waals surface area contributed by atoms with Crippen molar-refractivity contribution in [2.45, 2.75) is 6.92 Å². The maximum absolute atomic E-state index is 5.21. The standard InChI is InChI=1S/C8H7NS/c1-3-5-7-8(4-2)10-6-9-7/h2-3,5-6H,1H3/b5-3-. The Morgan fingerprint density at radius 3 is 3.20 bits per heavy atom. The van der Waals surface area contributed by atoms with Crippen LogP contribution in [0.5, 0.6) is 0 Å². The van der Waals surface area contributed by atoms with Gasteiger partial charge in [0.1, 0.15) is 4.88 Å². The molecule has 1 nitrogen and oxygen atoms in total. The van der Waals surface area contributed by atoms with Gasteiger partial charge in [-0.3, -0.25) is 0 Å². The van der Waals surface area contributed by atoms with E-state index in [0.29, 0.717) is 0 Å². The van der Waals surface area contributed by atoms with Crippen molar-refractivity contribution in [3.63, 3.8) is 0 Å². The summed E-state index contributed by atoms with van der Waals surface area (Å²) in [4.78, 5) is 4.97. The molecule has 0 saturated carbocycles. The van der Waals surface area contributed by atoms with Gasteiger partial charge in [-0.25, -0.2) is 4.98 Å². The van der Waals surface area contributed by atoms with Crippen LogP contribution in [0.1, 0.15) is 17.5 Å². The smallest absolute Gasteiger partial charge is 0.104 e. The molecule has 0 unspecified atom stereocenters. The van der Waals surface area contributed by atoms with E-state index in [2.05, 4.69) is 10.9 Å². The summed E-state index contributed by atoms with van der Waals surface area (Å²) in [5.74, 6) is 2.57. The monoisotopic (exact) mass is 149 g/mol. The minimum atomic E-state index is 0.898. The van der Waals surface area contributed by atoms with E-state index in [1.165, 1.54) is 11.3 Å². The zero-order chi connectivity index (χ0) is 7.40. The number of aromatic nitrogens is 1. The number of hydrogen-bond donors (Lipinski definition) is 0. The Kier molecular flexibility index (Phi) is 2.24. The van der Waals surface area contributed by atoms with E-state index in [1.807, 2.05) is 19.1 Å². The maximum Gasteiger partial charge on any atom is 0.104 e.